The van der Waals surface area contributed by atoms with Gasteiger partial charge >= 0.3 is 5.97 Å². The second kappa shape index (κ2) is 5.17. The minimum Gasteiger partial charge on any atom is -0.468 e. The normalized spacial score (nSPS) is 10.4. The van der Waals surface area contributed by atoms with Gasteiger partial charge in [0.2, 0.25) is 0 Å². The summed E-state index contributed by atoms with van der Waals surface area (Å²) in [5.41, 5.74) is 2.19. The number of rotatable bonds is 3. The minimum absolute atomic E-state index is 0.0738. The summed E-state index contributed by atoms with van der Waals surface area (Å²) < 4.78 is 4.45. The number of hydrogen-bond donors (Lipinski definition) is 0. The maximum atomic E-state index is 10.7. The quantitative estimate of drug-likeness (QED) is 0.537. The second-order valence-corrected chi connectivity index (χ2v) is 2.96. The van der Waals surface area contributed by atoms with Gasteiger partial charge in [-0.05, 0) is 12.5 Å². The number of nitrogens with zero attached hydrogens (tertiary/aromatic N) is 1. The Kier molecular flexibility index (Phi) is 3.85. The van der Waals surface area contributed by atoms with Crippen LogP contribution in [0.15, 0.2) is 29.3 Å². The topological polar surface area (TPSA) is 38.7 Å². The Bertz CT molecular complexity index is 328. The molecule has 0 amide bonds. The van der Waals surface area contributed by atoms with Crippen molar-refractivity contribution in [2.45, 2.75) is 6.92 Å². The van der Waals surface area contributed by atoms with Crippen molar-refractivity contribution in [3.05, 3.63) is 35.4 Å². The van der Waals surface area contributed by atoms with Crippen LogP contribution >= 0.6 is 0 Å². The molecule has 0 aliphatic rings. The molecule has 0 saturated heterocycles. The molecule has 0 bridgehead atoms. The standard InChI is InChI=1S/C11H13NO2/c1-9-3-5-10(6-4-9)7-12-8-11(13)14-2/h3-7H,8H2,1-2H3. The van der Waals surface area contributed by atoms with Crippen molar-refractivity contribution in [1.29, 1.82) is 0 Å². The zero-order valence-corrected chi connectivity index (χ0v) is 8.36. The van der Waals surface area contributed by atoms with Gasteiger partial charge in [0.15, 0.2) is 0 Å². The number of methoxy groups -OCH3 is 1. The zero-order valence-electron chi connectivity index (χ0n) is 8.36. The van der Waals surface area contributed by atoms with E-state index in [2.05, 4.69) is 9.73 Å². The van der Waals surface area contributed by atoms with E-state index in [1.54, 1.807) is 6.21 Å². The SMILES string of the molecule is COC(=O)CN=Cc1ccc(C)cc1. The lowest BCUT2D eigenvalue weighted by atomic mass is 10.2. The van der Waals surface area contributed by atoms with Crippen molar-refractivity contribution in [3.8, 4) is 0 Å². The number of carbonyl (C=O) groups excluding carboxylic acids is 1. The number of hydrogen-bond acceptors (Lipinski definition) is 3. The zero-order chi connectivity index (χ0) is 10.4. The third-order valence-electron chi connectivity index (χ3n) is 1.77. The molecule has 14 heavy (non-hydrogen) atoms. The molecule has 0 radical (unpaired) electrons. The maximum Gasteiger partial charge on any atom is 0.327 e. The van der Waals surface area contributed by atoms with Crippen LogP contribution < -0.4 is 0 Å². The van der Waals surface area contributed by atoms with E-state index < -0.39 is 0 Å². The highest BCUT2D eigenvalue weighted by Crippen LogP contribution is 1.99. The molecule has 0 aliphatic carbocycles. The van der Waals surface area contributed by atoms with E-state index in [0.717, 1.165) is 5.56 Å². The van der Waals surface area contributed by atoms with Crippen LogP contribution in [0.5, 0.6) is 0 Å². The lowest BCUT2D eigenvalue weighted by molar-refractivity contribution is -0.138. The van der Waals surface area contributed by atoms with Crippen LogP contribution in [0.2, 0.25) is 0 Å². The largest absolute Gasteiger partial charge is 0.468 e. The molecule has 0 saturated carbocycles. The van der Waals surface area contributed by atoms with Gasteiger partial charge in [0.1, 0.15) is 6.54 Å². The first-order valence-electron chi connectivity index (χ1n) is 4.35. The molecule has 3 heteroatoms. The van der Waals surface area contributed by atoms with Crippen LogP contribution in [0, 0.1) is 6.92 Å². The van der Waals surface area contributed by atoms with E-state index in [1.807, 2.05) is 31.2 Å². The highest BCUT2D eigenvalue weighted by molar-refractivity contribution is 5.82. The summed E-state index contributed by atoms with van der Waals surface area (Å²) in [4.78, 5) is 14.7. The molecule has 0 unspecified atom stereocenters. The van der Waals surface area contributed by atoms with Crippen molar-refractivity contribution in [3.63, 3.8) is 0 Å². The number of carbonyl (C=O) groups is 1. The van der Waals surface area contributed by atoms with E-state index in [9.17, 15) is 4.79 Å². The fraction of sp³-hybridized carbons (Fsp3) is 0.273. The summed E-state index contributed by atoms with van der Waals surface area (Å²) in [6.45, 7) is 2.10. The summed E-state index contributed by atoms with van der Waals surface area (Å²) in [7, 11) is 1.35. The predicted molar refractivity (Wildman–Crippen MR) is 55.7 cm³/mol. The molecule has 1 aromatic rings. The lowest BCUT2D eigenvalue weighted by Gasteiger charge is -1.94. The summed E-state index contributed by atoms with van der Waals surface area (Å²) in [5, 5.41) is 0. The Morgan fingerprint density at radius 1 is 1.43 bits per heavy atom. The van der Waals surface area contributed by atoms with Gasteiger partial charge in [0, 0.05) is 6.21 Å². The minimum atomic E-state index is -0.326. The number of ether oxygens (including phenoxy) is 1. The molecule has 0 aromatic heterocycles. The third-order valence-corrected chi connectivity index (χ3v) is 1.77. The smallest absolute Gasteiger partial charge is 0.327 e. The summed E-state index contributed by atoms with van der Waals surface area (Å²) in [5.74, 6) is -0.326. The first-order chi connectivity index (χ1) is 6.72. The average Bonchev–Trinajstić information content (AvgIpc) is 2.21. The molecule has 0 N–H and O–H groups in total. The Labute approximate surface area is 83.4 Å². The van der Waals surface area contributed by atoms with Gasteiger partial charge in [-0.1, -0.05) is 29.8 Å². The third kappa shape index (κ3) is 3.39. The molecule has 1 aromatic carbocycles. The molecular formula is C11H13NO2. The van der Waals surface area contributed by atoms with Crippen LogP contribution in [0.4, 0.5) is 0 Å². The van der Waals surface area contributed by atoms with Crippen molar-refractivity contribution in [2.24, 2.45) is 4.99 Å². The Balaban J connectivity index is 2.52. The first kappa shape index (κ1) is 10.4. The molecule has 0 fully saturated rings. The van der Waals surface area contributed by atoms with Gasteiger partial charge in [0.05, 0.1) is 7.11 Å². The molecule has 3 nitrogen and oxygen atoms in total. The van der Waals surface area contributed by atoms with Crippen molar-refractivity contribution in [2.75, 3.05) is 13.7 Å². The van der Waals surface area contributed by atoms with E-state index in [4.69, 9.17) is 0 Å². The molecule has 0 spiro atoms. The average molecular weight is 191 g/mol. The number of benzene rings is 1. The molecule has 0 atom stereocenters. The molecule has 0 heterocycles. The Hall–Kier alpha value is -1.64. The molecular weight excluding hydrogens is 178 g/mol. The van der Waals surface area contributed by atoms with Crippen LogP contribution in [-0.2, 0) is 9.53 Å². The summed E-state index contributed by atoms with van der Waals surface area (Å²) in [6.07, 6.45) is 1.66. The van der Waals surface area contributed by atoms with E-state index in [-0.39, 0.29) is 12.5 Å². The number of aryl methyl sites for hydroxylation is 1. The van der Waals surface area contributed by atoms with Gasteiger partial charge in [-0.2, -0.15) is 0 Å². The Morgan fingerprint density at radius 3 is 2.64 bits per heavy atom. The van der Waals surface area contributed by atoms with E-state index >= 15 is 0 Å². The highest BCUT2D eigenvalue weighted by atomic mass is 16.5. The van der Waals surface area contributed by atoms with E-state index in [1.165, 1.54) is 12.7 Å². The van der Waals surface area contributed by atoms with Gasteiger partial charge < -0.3 is 4.74 Å². The fourth-order valence-corrected chi connectivity index (χ4v) is 0.943. The van der Waals surface area contributed by atoms with Crippen LogP contribution in [-0.4, -0.2) is 25.8 Å². The van der Waals surface area contributed by atoms with Crippen LogP contribution in [0.25, 0.3) is 0 Å². The van der Waals surface area contributed by atoms with Gasteiger partial charge in [-0.3, -0.25) is 9.79 Å². The Morgan fingerprint density at radius 2 is 2.07 bits per heavy atom. The van der Waals surface area contributed by atoms with Gasteiger partial charge in [-0.15, -0.1) is 0 Å². The van der Waals surface area contributed by atoms with Crippen molar-refractivity contribution >= 4 is 12.2 Å². The maximum absolute atomic E-state index is 10.7. The molecule has 0 aliphatic heterocycles. The first-order valence-corrected chi connectivity index (χ1v) is 4.35. The summed E-state index contributed by atoms with van der Waals surface area (Å²) >= 11 is 0. The molecule has 74 valence electrons. The van der Waals surface area contributed by atoms with Gasteiger partial charge in [-0.25, -0.2) is 0 Å². The van der Waals surface area contributed by atoms with Crippen molar-refractivity contribution < 1.29 is 9.53 Å². The van der Waals surface area contributed by atoms with Crippen LogP contribution in [0.3, 0.4) is 0 Å². The monoisotopic (exact) mass is 191 g/mol. The van der Waals surface area contributed by atoms with E-state index in [0.29, 0.717) is 0 Å². The highest BCUT2D eigenvalue weighted by Gasteiger charge is 1.94. The number of aliphatic imine (C=N–C) groups is 1. The second-order valence-electron chi connectivity index (χ2n) is 2.96. The fourth-order valence-electron chi connectivity index (χ4n) is 0.943. The molecule has 1 rings (SSSR count). The van der Waals surface area contributed by atoms with Gasteiger partial charge in [0.25, 0.3) is 0 Å². The predicted octanol–water partition coefficient (Wildman–Crippen LogP) is 1.59. The van der Waals surface area contributed by atoms with Crippen molar-refractivity contribution in [1.82, 2.24) is 0 Å². The van der Waals surface area contributed by atoms with Crippen LogP contribution in [0.1, 0.15) is 11.1 Å². The summed E-state index contributed by atoms with van der Waals surface area (Å²) in [6, 6.07) is 7.91. The lowest BCUT2D eigenvalue weighted by Crippen LogP contribution is -2.04. The number of esters is 1.